The number of halogens is 6. The number of carbonyl (C=O) groups is 1. The van der Waals surface area contributed by atoms with Crippen LogP contribution in [0, 0.1) is 6.57 Å². The zero-order valence-corrected chi connectivity index (χ0v) is 25.7. The number of alkyl halides is 6. The van der Waals surface area contributed by atoms with E-state index < -0.39 is 46.8 Å². The van der Waals surface area contributed by atoms with E-state index in [0.717, 1.165) is 0 Å². The number of ether oxygens (including phenoxy) is 2. The fourth-order valence-electron chi connectivity index (χ4n) is 6.00. The van der Waals surface area contributed by atoms with Crippen molar-refractivity contribution in [2.75, 3.05) is 19.7 Å². The lowest BCUT2D eigenvalue weighted by Gasteiger charge is -2.52. The maximum atomic E-state index is 14.1. The number of piperidine rings is 1. The summed E-state index contributed by atoms with van der Waals surface area (Å²) in [6.07, 6.45) is -8.63. The maximum Gasteiger partial charge on any atom is 0.416 e. The monoisotopic (exact) mass is 671 g/mol. The van der Waals surface area contributed by atoms with Crippen molar-refractivity contribution in [1.82, 2.24) is 19.7 Å². The van der Waals surface area contributed by atoms with E-state index in [0.29, 0.717) is 29.7 Å². The van der Waals surface area contributed by atoms with Gasteiger partial charge in [0, 0.05) is 0 Å². The summed E-state index contributed by atoms with van der Waals surface area (Å²) < 4.78 is 95.5. The Labute approximate surface area is 272 Å². The van der Waals surface area contributed by atoms with Gasteiger partial charge in [0.05, 0.1) is 35.9 Å². The highest BCUT2D eigenvalue weighted by Gasteiger charge is 2.54. The smallest absolute Gasteiger partial charge is 0.416 e. The van der Waals surface area contributed by atoms with E-state index in [1.54, 1.807) is 59.2 Å². The number of aromatic nitrogens is 3. The molecule has 0 aliphatic carbocycles. The van der Waals surface area contributed by atoms with Crippen LogP contribution in [0.2, 0.25) is 0 Å². The molecule has 8 nitrogen and oxygen atoms in total. The van der Waals surface area contributed by atoms with Crippen LogP contribution in [0.5, 0.6) is 0 Å². The van der Waals surface area contributed by atoms with E-state index in [2.05, 4.69) is 15.0 Å². The number of likely N-dealkylation sites (tertiary alicyclic amines) is 1. The minimum absolute atomic E-state index is 0.0416. The number of amides is 1. The zero-order chi connectivity index (χ0) is 34.6. The van der Waals surface area contributed by atoms with Crippen LogP contribution >= 0.6 is 0 Å². The molecule has 0 saturated carbocycles. The van der Waals surface area contributed by atoms with Gasteiger partial charge in [0.25, 0.3) is 0 Å². The fraction of sp³-hybridized carbons (Fsp3) is 0.353. The Morgan fingerprint density at radius 2 is 1.50 bits per heavy atom. The minimum atomic E-state index is -5.03. The first-order valence-electron chi connectivity index (χ1n) is 14.9. The van der Waals surface area contributed by atoms with Crippen molar-refractivity contribution in [3.8, 4) is 0 Å². The average molecular weight is 672 g/mol. The van der Waals surface area contributed by atoms with Crippen molar-refractivity contribution in [2.24, 2.45) is 0 Å². The summed E-state index contributed by atoms with van der Waals surface area (Å²) in [6.45, 7) is 8.57. The molecule has 0 N–H and O–H groups in total. The fourth-order valence-corrected chi connectivity index (χ4v) is 6.00. The largest absolute Gasteiger partial charge is 0.445 e. The van der Waals surface area contributed by atoms with Crippen LogP contribution < -0.4 is 0 Å². The van der Waals surface area contributed by atoms with Gasteiger partial charge < -0.3 is 18.9 Å². The van der Waals surface area contributed by atoms with Gasteiger partial charge in [-0.1, -0.05) is 60.7 Å². The molecule has 1 aliphatic rings. The number of hydrogen-bond acceptors (Lipinski definition) is 5. The molecule has 1 amide bonds. The Kier molecular flexibility index (Phi) is 9.81. The van der Waals surface area contributed by atoms with Crippen molar-refractivity contribution >= 4 is 6.09 Å². The first-order chi connectivity index (χ1) is 22.8. The van der Waals surface area contributed by atoms with Crippen molar-refractivity contribution in [3.63, 3.8) is 0 Å². The molecule has 0 spiro atoms. The molecule has 5 rings (SSSR count). The molecule has 0 bridgehead atoms. The lowest BCUT2D eigenvalue weighted by atomic mass is 9.74. The summed E-state index contributed by atoms with van der Waals surface area (Å²) in [5, 5.41) is 7.79. The van der Waals surface area contributed by atoms with Crippen LogP contribution in [0.3, 0.4) is 0 Å². The summed E-state index contributed by atoms with van der Waals surface area (Å²) in [4.78, 5) is 19.2. The molecular formula is C34H31F6N5O3. The molecule has 3 aromatic carbocycles. The highest BCUT2D eigenvalue weighted by molar-refractivity contribution is 5.70. The second-order valence-electron chi connectivity index (χ2n) is 11.7. The Hall–Kier alpha value is -4.90. The van der Waals surface area contributed by atoms with Gasteiger partial charge in [-0.3, -0.25) is 4.90 Å². The second kappa shape index (κ2) is 13.7. The van der Waals surface area contributed by atoms with Crippen molar-refractivity contribution in [2.45, 2.75) is 55.9 Å². The predicted octanol–water partition coefficient (Wildman–Crippen LogP) is 8.04. The van der Waals surface area contributed by atoms with Crippen LogP contribution in [0.4, 0.5) is 31.1 Å². The van der Waals surface area contributed by atoms with Gasteiger partial charge in [-0.15, -0.1) is 10.2 Å². The molecule has 4 aromatic rings. The standard InChI is InChI=1S/C34H31F6N5O3/c1-24(26-15-28(33(35,36)37)17-29(16-26)34(38,39)40)48-21-32(27-11-7-4-8-12-27)14-13-31(19-41-2,44-22-42-43-23-44)20-45(32)30(46)47-18-25-9-5-3-6-10-25/h3-12,15-17,22-24H,13-14,18-21H2,1H3/t24-,31?,32-/m1/s1. The van der Waals surface area contributed by atoms with E-state index in [4.69, 9.17) is 16.0 Å². The Bertz CT molecular complexity index is 1700. The molecule has 14 heteroatoms. The molecule has 48 heavy (non-hydrogen) atoms. The summed E-state index contributed by atoms with van der Waals surface area (Å²) in [6, 6.07) is 19.1. The molecular weight excluding hydrogens is 640 g/mol. The summed E-state index contributed by atoms with van der Waals surface area (Å²) in [7, 11) is 0. The molecule has 1 unspecified atom stereocenters. The molecule has 3 atom stereocenters. The molecule has 1 saturated heterocycles. The van der Waals surface area contributed by atoms with Crippen molar-refractivity contribution < 1.29 is 40.6 Å². The SMILES string of the molecule is [C-]#[N+]CC1(n2cnnc2)CC[C@@](CO[C@H](C)c2cc(C(F)(F)F)cc(C(F)(F)F)c2)(c2ccccc2)N(C(=O)OCc2ccccc2)C1. The summed E-state index contributed by atoms with van der Waals surface area (Å²) >= 11 is 0. The van der Waals surface area contributed by atoms with E-state index >= 15 is 0 Å². The van der Waals surface area contributed by atoms with E-state index in [9.17, 15) is 31.1 Å². The number of benzene rings is 3. The third-order valence-electron chi connectivity index (χ3n) is 8.70. The van der Waals surface area contributed by atoms with Gasteiger partial charge in [0.2, 0.25) is 6.54 Å². The highest BCUT2D eigenvalue weighted by Crippen LogP contribution is 2.46. The zero-order valence-electron chi connectivity index (χ0n) is 25.7. The van der Waals surface area contributed by atoms with Crippen LogP contribution in [0.15, 0.2) is 91.5 Å². The first-order valence-corrected chi connectivity index (χ1v) is 14.9. The Morgan fingerprint density at radius 3 is 2.06 bits per heavy atom. The molecule has 252 valence electrons. The van der Waals surface area contributed by atoms with Gasteiger partial charge in [-0.25, -0.2) is 11.4 Å². The number of nitrogens with zero attached hydrogens (tertiary/aromatic N) is 5. The van der Waals surface area contributed by atoms with Gasteiger partial charge in [0.1, 0.15) is 24.8 Å². The first kappa shape index (κ1) is 34.4. The number of rotatable bonds is 9. The topological polar surface area (TPSA) is 73.8 Å². The van der Waals surface area contributed by atoms with Crippen molar-refractivity contribution in [3.05, 3.63) is 131 Å². The normalized spacial score (nSPS) is 20.6. The third-order valence-corrected chi connectivity index (χ3v) is 8.70. The lowest BCUT2D eigenvalue weighted by Crippen LogP contribution is -2.63. The lowest BCUT2D eigenvalue weighted by molar-refractivity contribution is -0.143. The molecule has 1 aromatic heterocycles. The van der Waals surface area contributed by atoms with Gasteiger partial charge in [0.15, 0.2) is 0 Å². The molecule has 0 radical (unpaired) electrons. The summed E-state index contributed by atoms with van der Waals surface area (Å²) in [5.74, 6) is 0. The number of hydrogen-bond donors (Lipinski definition) is 0. The molecule has 1 fully saturated rings. The Balaban J connectivity index is 1.55. The van der Waals surface area contributed by atoms with Crippen LogP contribution in [0.25, 0.3) is 4.85 Å². The predicted molar refractivity (Wildman–Crippen MR) is 161 cm³/mol. The molecule has 2 heterocycles. The second-order valence-corrected chi connectivity index (χ2v) is 11.7. The Morgan fingerprint density at radius 1 is 0.917 bits per heavy atom. The quantitative estimate of drug-likeness (QED) is 0.133. The van der Waals surface area contributed by atoms with Crippen LogP contribution in [-0.4, -0.2) is 45.5 Å². The number of carbonyl (C=O) groups excluding carboxylic acids is 1. The van der Waals surface area contributed by atoms with E-state index in [-0.39, 0.29) is 44.4 Å². The van der Waals surface area contributed by atoms with Gasteiger partial charge in [-0.2, -0.15) is 26.3 Å². The van der Waals surface area contributed by atoms with Crippen LogP contribution in [0.1, 0.15) is 53.7 Å². The minimum Gasteiger partial charge on any atom is -0.445 e. The summed E-state index contributed by atoms with van der Waals surface area (Å²) in [5.41, 5.74) is -4.19. The molecule has 1 aliphatic heterocycles. The van der Waals surface area contributed by atoms with Crippen molar-refractivity contribution in [1.29, 1.82) is 0 Å². The van der Waals surface area contributed by atoms with E-state index in [1.165, 1.54) is 24.5 Å². The maximum absolute atomic E-state index is 14.1. The van der Waals surface area contributed by atoms with Crippen LogP contribution in [-0.2, 0) is 39.5 Å². The van der Waals surface area contributed by atoms with Gasteiger partial charge in [-0.05, 0) is 54.7 Å². The average Bonchev–Trinajstić information content (AvgIpc) is 3.63. The van der Waals surface area contributed by atoms with E-state index in [1.807, 2.05) is 6.07 Å². The van der Waals surface area contributed by atoms with Gasteiger partial charge >= 0.3 is 18.4 Å². The third kappa shape index (κ3) is 7.31. The highest BCUT2D eigenvalue weighted by atomic mass is 19.4.